The molecule has 0 heterocycles. The van der Waals surface area contributed by atoms with E-state index in [0.717, 1.165) is 19.8 Å². The van der Waals surface area contributed by atoms with E-state index in [9.17, 15) is 0 Å². The first-order valence-corrected chi connectivity index (χ1v) is 6.92. The zero-order valence-corrected chi connectivity index (χ0v) is 9.10. The van der Waals surface area contributed by atoms with Crippen LogP contribution < -0.4 is 0 Å². The van der Waals surface area contributed by atoms with Gasteiger partial charge in [-0.25, -0.2) is 0 Å². The van der Waals surface area contributed by atoms with Crippen LogP contribution in [0.4, 0.5) is 0 Å². The molecule has 1 heteroatoms. The number of rotatable bonds is 4. The van der Waals surface area contributed by atoms with Crippen LogP contribution in [0.2, 0.25) is 10.1 Å². The molecule has 0 N–H and O–H groups in total. The molecule has 1 rings (SSSR count). The molecule has 11 heavy (non-hydrogen) atoms. The van der Waals surface area contributed by atoms with Gasteiger partial charge < -0.3 is 0 Å². The second-order valence-corrected chi connectivity index (χ2v) is 5.95. The van der Waals surface area contributed by atoms with Gasteiger partial charge in [0.2, 0.25) is 0 Å². The molecule has 0 spiro atoms. The van der Waals surface area contributed by atoms with Gasteiger partial charge in [-0.05, 0) is 0 Å². The molecular weight excluding hydrogens is 199 g/mol. The Morgan fingerprint density at radius 1 is 1.55 bits per heavy atom. The van der Waals surface area contributed by atoms with Crippen molar-refractivity contribution in [2.24, 2.45) is 0 Å². The molecule has 0 aromatic rings. The van der Waals surface area contributed by atoms with E-state index in [4.69, 9.17) is 0 Å². The van der Waals surface area contributed by atoms with Gasteiger partial charge in [0.25, 0.3) is 0 Å². The van der Waals surface area contributed by atoms with Crippen LogP contribution in [-0.2, 0) is 0 Å². The van der Waals surface area contributed by atoms with Crippen LogP contribution >= 0.6 is 0 Å². The zero-order chi connectivity index (χ0) is 7.94. The quantitative estimate of drug-likeness (QED) is 0.384. The van der Waals surface area contributed by atoms with Gasteiger partial charge in [0.05, 0.1) is 0 Å². The molecular formula is C10H18Se. The Morgan fingerprint density at radius 2 is 2.45 bits per heavy atom. The predicted molar refractivity (Wildman–Crippen MR) is 52.2 cm³/mol. The van der Waals surface area contributed by atoms with E-state index in [2.05, 4.69) is 19.1 Å². The SMILES string of the molecule is CCCC[Se]C1C=CCCC1. The summed E-state index contributed by atoms with van der Waals surface area (Å²) in [6.07, 6.45) is 11.9. The second kappa shape index (κ2) is 5.85. The Bertz CT molecular complexity index is 118. The van der Waals surface area contributed by atoms with E-state index < -0.39 is 0 Å². The molecule has 0 fully saturated rings. The summed E-state index contributed by atoms with van der Waals surface area (Å²) >= 11 is 0.910. The van der Waals surface area contributed by atoms with Crippen LogP contribution in [0, 0.1) is 0 Å². The van der Waals surface area contributed by atoms with E-state index in [1.807, 2.05) is 0 Å². The fourth-order valence-corrected chi connectivity index (χ4v) is 4.06. The van der Waals surface area contributed by atoms with E-state index in [1.54, 1.807) is 0 Å². The Hall–Kier alpha value is 0.259. The van der Waals surface area contributed by atoms with Crippen molar-refractivity contribution in [1.29, 1.82) is 0 Å². The van der Waals surface area contributed by atoms with Crippen LogP contribution in [-0.4, -0.2) is 15.0 Å². The average Bonchev–Trinajstić information content (AvgIpc) is 2.07. The molecule has 0 saturated heterocycles. The molecule has 0 nitrogen and oxygen atoms in total. The fraction of sp³-hybridized carbons (Fsp3) is 0.800. The molecule has 0 amide bonds. The van der Waals surface area contributed by atoms with Crippen LogP contribution in [0.15, 0.2) is 12.2 Å². The van der Waals surface area contributed by atoms with Gasteiger partial charge in [-0.15, -0.1) is 0 Å². The molecule has 1 unspecified atom stereocenters. The third-order valence-electron chi connectivity index (χ3n) is 2.04. The third kappa shape index (κ3) is 3.98. The standard InChI is InChI=1S/C10H18Se/c1-2-3-9-11-10-7-5-4-6-8-10/h5,7,10H,2-4,6,8-9H2,1H3. The molecule has 1 aliphatic carbocycles. The molecule has 0 aromatic carbocycles. The summed E-state index contributed by atoms with van der Waals surface area (Å²) in [6.45, 7) is 2.28. The van der Waals surface area contributed by atoms with Crippen LogP contribution in [0.25, 0.3) is 0 Å². The van der Waals surface area contributed by atoms with Crippen LogP contribution in [0.3, 0.4) is 0 Å². The van der Waals surface area contributed by atoms with Crippen LogP contribution in [0.1, 0.15) is 39.0 Å². The minimum atomic E-state index is 0.910. The van der Waals surface area contributed by atoms with Crippen molar-refractivity contribution in [2.45, 2.75) is 49.2 Å². The van der Waals surface area contributed by atoms with E-state index >= 15 is 0 Å². The second-order valence-electron chi connectivity index (χ2n) is 3.12. The van der Waals surface area contributed by atoms with Gasteiger partial charge >= 0.3 is 76.3 Å². The number of hydrogen-bond acceptors (Lipinski definition) is 0. The summed E-state index contributed by atoms with van der Waals surface area (Å²) in [5, 5.41) is 1.50. The van der Waals surface area contributed by atoms with Gasteiger partial charge in [-0.2, -0.15) is 0 Å². The summed E-state index contributed by atoms with van der Waals surface area (Å²) in [6, 6.07) is 0. The van der Waals surface area contributed by atoms with E-state index in [0.29, 0.717) is 0 Å². The summed E-state index contributed by atoms with van der Waals surface area (Å²) < 4.78 is 0. The molecule has 0 bridgehead atoms. The van der Waals surface area contributed by atoms with Gasteiger partial charge in [-0.3, -0.25) is 0 Å². The van der Waals surface area contributed by atoms with Gasteiger partial charge in [0.15, 0.2) is 0 Å². The maximum absolute atomic E-state index is 2.46. The van der Waals surface area contributed by atoms with Gasteiger partial charge in [-0.1, -0.05) is 0 Å². The Kier molecular flexibility index (Phi) is 4.97. The van der Waals surface area contributed by atoms with Crippen molar-refractivity contribution < 1.29 is 0 Å². The molecule has 1 aliphatic rings. The molecule has 0 aliphatic heterocycles. The van der Waals surface area contributed by atoms with Crippen molar-refractivity contribution >= 4 is 15.0 Å². The monoisotopic (exact) mass is 218 g/mol. The molecule has 0 saturated carbocycles. The predicted octanol–water partition coefficient (Wildman–Crippen LogP) is 3.44. The van der Waals surface area contributed by atoms with Gasteiger partial charge in [0.1, 0.15) is 0 Å². The minimum absolute atomic E-state index is 0.910. The number of allylic oxidation sites excluding steroid dienone is 2. The molecule has 0 aromatic heterocycles. The third-order valence-corrected chi connectivity index (χ3v) is 4.86. The van der Waals surface area contributed by atoms with Crippen molar-refractivity contribution in [3.8, 4) is 0 Å². The fourth-order valence-electron chi connectivity index (χ4n) is 1.30. The van der Waals surface area contributed by atoms with Crippen molar-refractivity contribution in [3.63, 3.8) is 0 Å². The summed E-state index contributed by atoms with van der Waals surface area (Å²) in [7, 11) is 0. The van der Waals surface area contributed by atoms with Crippen molar-refractivity contribution in [3.05, 3.63) is 12.2 Å². The number of hydrogen-bond donors (Lipinski definition) is 0. The Balaban J connectivity index is 2.05. The first kappa shape index (κ1) is 9.35. The van der Waals surface area contributed by atoms with Gasteiger partial charge in [0, 0.05) is 0 Å². The normalized spacial score (nSPS) is 23.9. The molecule has 1 atom stereocenters. The van der Waals surface area contributed by atoms with E-state index in [1.165, 1.54) is 37.4 Å². The summed E-state index contributed by atoms with van der Waals surface area (Å²) in [4.78, 5) is 0.989. The van der Waals surface area contributed by atoms with Crippen molar-refractivity contribution in [1.82, 2.24) is 0 Å². The zero-order valence-electron chi connectivity index (χ0n) is 7.38. The Morgan fingerprint density at radius 3 is 3.09 bits per heavy atom. The Labute approximate surface area is 76.6 Å². The van der Waals surface area contributed by atoms with E-state index in [-0.39, 0.29) is 0 Å². The first-order chi connectivity index (χ1) is 5.43. The molecule has 64 valence electrons. The number of unbranched alkanes of at least 4 members (excludes halogenated alkanes) is 1. The van der Waals surface area contributed by atoms with Crippen molar-refractivity contribution in [2.75, 3.05) is 0 Å². The molecule has 0 radical (unpaired) electrons. The summed E-state index contributed by atoms with van der Waals surface area (Å²) in [5.41, 5.74) is 0. The van der Waals surface area contributed by atoms with Crippen LogP contribution in [0.5, 0.6) is 0 Å². The topological polar surface area (TPSA) is 0 Å². The maximum atomic E-state index is 2.46. The summed E-state index contributed by atoms with van der Waals surface area (Å²) in [5.74, 6) is 0. The average molecular weight is 217 g/mol. The first-order valence-electron chi connectivity index (χ1n) is 4.71.